The van der Waals surface area contributed by atoms with E-state index in [1.165, 1.54) is 20.3 Å². The summed E-state index contributed by atoms with van der Waals surface area (Å²) < 4.78 is 27.8. The van der Waals surface area contributed by atoms with Crippen LogP contribution in [0.4, 0.5) is 17.2 Å². The Kier molecular flexibility index (Phi) is 4.81. The molecule has 8 heteroatoms. The Hall–Kier alpha value is -1.64. The average molecular weight is 371 g/mol. The Morgan fingerprint density at radius 1 is 1.14 bits per heavy atom. The van der Waals surface area contributed by atoms with E-state index in [1.807, 2.05) is 24.3 Å². The molecule has 0 unspecified atom stereocenters. The number of rotatable bonds is 5. The minimum absolute atomic E-state index is 0.404. The largest absolute Gasteiger partial charge is 0.339 e. The highest BCUT2D eigenvalue weighted by Crippen LogP contribution is 2.24. The van der Waals surface area contributed by atoms with Crippen LogP contribution >= 0.6 is 15.9 Å². The van der Waals surface area contributed by atoms with E-state index in [1.54, 1.807) is 12.1 Å². The Balaban J connectivity index is 2.11. The van der Waals surface area contributed by atoms with Crippen molar-refractivity contribution in [2.75, 3.05) is 24.1 Å². The van der Waals surface area contributed by atoms with Crippen molar-refractivity contribution in [1.82, 2.24) is 9.29 Å². The normalized spacial score (nSPS) is 11.4. The molecule has 0 aliphatic rings. The standard InChI is InChI=1S/C13H15BrN4O2S/c1-18(2)21(19,20)17-10-7-8-13(15-9-10)16-12-6-4-3-5-11(12)14/h3-9,17H,1-2H3,(H,15,16). The predicted molar refractivity (Wildman–Crippen MR) is 87.9 cm³/mol. The first kappa shape index (κ1) is 15.7. The summed E-state index contributed by atoms with van der Waals surface area (Å²) in [5, 5.41) is 3.14. The van der Waals surface area contributed by atoms with Gasteiger partial charge in [0.2, 0.25) is 0 Å². The molecule has 1 heterocycles. The minimum Gasteiger partial charge on any atom is -0.339 e. The van der Waals surface area contributed by atoms with Crippen LogP contribution < -0.4 is 10.0 Å². The zero-order valence-corrected chi connectivity index (χ0v) is 13.9. The summed E-state index contributed by atoms with van der Waals surface area (Å²) in [6, 6.07) is 11.0. The number of hydrogen-bond donors (Lipinski definition) is 2. The molecule has 0 bridgehead atoms. The fourth-order valence-corrected chi connectivity index (χ4v) is 2.45. The van der Waals surface area contributed by atoms with Crippen molar-refractivity contribution < 1.29 is 8.42 Å². The van der Waals surface area contributed by atoms with Gasteiger partial charge in [-0.2, -0.15) is 12.7 Å². The predicted octanol–water partition coefficient (Wildman–Crippen LogP) is 2.81. The number of nitrogens with one attached hydrogen (secondary N) is 2. The van der Waals surface area contributed by atoms with Gasteiger partial charge in [0.25, 0.3) is 0 Å². The second-order valence-corrected chi connectivity index (χ2v) is 7.17. The van der Waals surface area contributed by atoms with Crippen molar-refractivity contribution in [3.8, 4) is 0 Å². The van der Waals surface area contributed by atoms with Crippen LogP contribution in [0.2, 0.25) is 0 Å². The second-order valence-electron chi connectivity index (χ2n) is 4.43. The van der Waals surface area contributed by atoms with Gasteiger partial charge in [0, 0.05) is 18.6 Å². The van der Waals surface area contributed by atoms with Crippen molar-refractivity contribution in [2.24, 2.45) is 0 Å². The molecular formula is C13H15BrN4O2S. The number of benzene rings is 1. The van der Waals surface area contributed by atoms with Crippen molar-refractivity contribution in [3.05, 3.63) is 47.1 Å². The van der Waals surface area contributed by atoms with E-state index in [-0.39, 0.29) is 0 Å². The zero-order chi connectivity index (χ0) is 15.5. The molecule has 0 amide bonds. The lowest BCUT2D eigenvalue weighted by Gasteiger charge is -2.13. The van der Waals surface area contributed by atoms with Gasteiger partial charge in [-0.1, -0.05) is 12.1 Å². The van der Waals surface area contributed by atoms with E-state index in [9.17, 15) is 8.42 Å². The monoisotopic (exact) mass is 370 g/mol. The molecule has 112 valence electrons. The number of para-hydroxylation sites is 1. The maximum atomic E-state index is 11.7. The molecule has 1 aromatic heterocycles. The first-order chi connectivity index (χ1) is 9.88. The Bertz CT molecular complexity index is 717. The van der Waals surface area contributed by atoms with Crippen LogP contribution in [0.1, 0.15) is 0 Å². The summed E-state index contributed by atoms with van der Waals surface area (Å²) in [6.45, 7) is 0. The number of aromatic nitrogens is 1. The number of halogens is 1. The van der Waals surface area contributed by atoms with Crippen LogP contribution in [0.5, 0.6) is 0 Å². The van der Waals surface area contributed by atoms with E-state index >= 15 is 0 Å². The molecular weight excluding hydrogens is 356 g/mol. The van der Waals surface area contributed by atoms with Crippen LogP contribution in [0, 0.1) is 0 Å². The molecule has 1 aromatic carbocycles. The Labute approximate surface area is 132 Å². The summed E-state index contributed by atoms with van der Waals surface area (Å²) in [5.74, 6) is 0.620. The van der Waals surface area contributed by atoms with E-state index in [4.69, 9.17) is 0 Å². The summed E-state index contributed by atoms with van der Waals surface area (Å²) in [7, 11) is -0.600. The molecule has 0 aliphatic heterocycles. The van der Waals surface area contributed by atoms with Crippen molar-refractivity contribution >= 4 is 43.3 Å². The fraction of sp³-hybridized carbons (Fsp3) is 0.154. The number of hydrogen-bond acceptors (Lipinski definition) is 4. The third-order valence-corrected chi connectivity index (χ3v) is 4.77. The van der Waals surface area contributed by atoms with Crippen LogP contribution in [-0.2, 0) is 10.2 Å². The van der Waals surface area contributed by atoms with Crippen LogP contribution in [0.25, 0.3) is 0 Å². The quantitative estimate of drug-likeness (QED) is 0.848. The third kappa shape index (κ3) is 4.16. The molecule has 0 saturated carbocycles. The lowest BCUT2D eigenvalue weighted by Crippen LogP contribution is -2.28. The molecule has 0 saturated heterocycles. The van der Waals surface area contributed by atoms with Crippen molar-refractivity contribution in [3.63, 3.8) is 0 Å². The molecule has 0 radical (unpaired) electrons. The van der Waals surface area contributed by atoms with Gasteiger partial charge in [-0.25, -0.2) is 4.98 Å². The molecule has 0 atom stereocenters. The van der Waals surface area contributed by atoms with Gasteiger partial charge in [-0.15, -0.1) is 0 Å². The molecule has 0 fully saturated rings. The van der Waals surface area contributed by atoms with E-state index < -0.39 is 10.2 Å². The molecule has 21 heavy (non-hydrogen) atoms. The highest BCUT2D eigenvalue weighted by atomic mass is 79.9. The number of pyridine rings is 1. The fourth-order valence-electron chi connectivity index (χ4n) is 1.47. The third-order valence-electron chi connectivity index (χ3n) is 2.63. The minimum atomic E-state index is -3.51. The molecule has 0 spiro atoms. The zero-order valence-electron chi connectivity index (χ0n) is 11.5. The van der Waals surface area contributed by atoms with Gasteiger partial charge < -0.3 is 5.32 Å². The van der Waals surface area contributed by atoms with Crippen LogP contribution in [0.15, 0.2) is 47.1 Å². The van der Waals surface area contributed by atoms with Gasteiger partial charge in [0.15, 0.2) is 0 Å². The Morgan fingerprint density at radius 3 is 2.43 bits per heavy atom. The van der Waals surface area contributed by atoms with Gasteiger partial charge in [-0.3, -0.25) is 4.72 Å². The lowest BCUT2D eigenvalue weighted by atomic mass is 10.3. The van der Waals surface area contributed by atoms with Gasteiger partial charge >= 0.3 is 10.2 Å². The van der Waals surface area contributed by atoms with E-state index in [0.717, 1.165) is 14.5 Å². The van der Waals surface area contributed by atoms with E-state index in [2.05, 4.69) is 31.0 Å². The van der Waals surface area contributed by atoms with Gasteiger partial charge in [0.1, 0.15) is 5.82 Å². The Morgan fingerprint density at radius 2 is 1.86 bits per heavy atom. The molecule has 0 aliphatic carbocycles. The lowest BCUT2D eigenvalue weighted by molar-refractivity contribution is 0.527. The van der Waals surface area contributed by atoms with Crippen LogP contribution in [-0.4, -0.2) is 31.8 Å². The maximum Gasteiger partial charge on any atom is 0.301 e. The highest BCUT2D eigenvalue weighted by molar-refractivity contribution is 9.10. The SMILES string of the molecule is CN(C)S(=O)(=O)Nc1ccc(Nc2ccccc2Br)nc1. The molecule has 2 rings (SSSR count). The van der Waals surface area contributed by atoms with Crippen molar-refractivity contribution in [2.45, 2.75) is 0 Å². The van der Waals surface area contributed by atoms with E-state index in [0.29, 0.717) is 11.5 Å². The molecule has 6 nitrogen and oxygen atoms in total. The summed E-state index contributed by atoms with van der Waals surface area (Å²) in [5.41, 5.74) is 1.29. The topological polar surface area (TPSA) is 74.3 Å². The smallest absolute Gasteiger partial charge is 0.301 e. The van der Waals surface area contributed by atoms with Crippen LogP contribution in [0.3, 0.4) is 0 Å². The molecule has 2 N–H and O–H groups in total. The average Bonchev–Trinajstić information content (AvgIpc) is 2.43. The van der Waals surface area contributed by atoms with Gasteiger partial charge in [-0.05, 0) is 40.2 Å². The number of anilines is 3. The summed E-state index contributed by atoms with van der Waals surface area (Å²) >= 11 is 3.44. The first-order valence-corrected chi connectivity index (χ1v) is 8.30. The summed E-state index contributed by atoms with van der Waals surface area (Å²) in [6.07, 6.45) is 1.46. The number of nitrogens with zero attached hydrogens (tertiary/aromatic N) is 2. The second kappa shape index (κ2) is 6.42. The highest BCUT2D eigenvalue weighted by Gasteiger charge is 2.12. The first-order valence-electron chi connectivity index (χ1n) is 6.06. The molecule has 2 aromatic rings. The maximum absolute atomic E-state index is 11.7. The van der Waals surface area contributed by atoms with Crippen molar-refractivity contribution in [1.29, 1.82) is 0 Å². The summed E-state index contributed by atoms with van der Waals surface area (Å²) in [4.78, 5) is 4.18. The van der Waals surface area contributed by atoms with Gasteiger partial charge in [0.05, 0.1) is 17.6 Å².